The number of hydrogen-bond donors (Lipinski definition) is 1. The van der Waals surface area contributed by atoms with Crippen LogP contribution in [0.1, 0.15) is 18.5 Å². The lowest BCUT2D eigenvalue weighted by Crippen LogP contribution is -2.18. The van der Waals surface area contributed by atoms with Gasteiger partial charge in [-0.25, -0.2) is 0 Å². The largest absolute Gasteiger partial charge is 0.381 e. The molecule has 1 aliphatic heterocycles. The average molecular weight is 213 g/mol. The van der Waals surface area contributed by atoms with Gasteiger partial charge in [-0.1, -0.05) is 4.49 Å². The Morgan fingerprint density at radius 3 is 3.36 bits per heavy atom. The van der Waals surface area contributed by atoms with Crippen molar-refractivity contribution in [2.75, 3.05) is 19.8 Å². The highest BCUT2D eigenvalue weighted by atomic mass is 32.1. The van der Waals surface area contributed by atoms with Crippen LogP contribution < -0.4 is 5.32 Å². The van der Waals surface area contributed by atoms with Gasteiger partial charge in [0.15, 0.2) is 0 Å². The topological polar surface area (TPSA) is 47.0 Å². The van der Waals surface area contributed by atoms with Crippen molar-refractivity contribution in [3.63, 3.8) is 0 Å². The summed E-state index contributed by atoms with van der Waals surface area (Å²) in [5.41, 5.74) is 1.04. The molecular formula is C9H15N3OS. The lowest BCUT2D eigenvalue weighted by atomic mass is 10.1. The van der Waals surface area contributed by atoms with Crippen LogP contribution in [-0.4, -0.2) is 29.3 Å². The molecule has 4 nitrogen and oxygen atoms in total. The van der Waals surface area contributed by atoms with Crippen molar-refractivity contribution in [3.8, 4) is 0 Å². The average Bonchev–Trinajstić information content (AvgIpc) is 2.86. The minimum absolute atomic E-state index is 0.760. The molecule has 14 heavy (non-hydrogen) atoms. The van der Waals surface area contributed by atoms with E-state index in [1.54, 1.807) is 0 Å². The van der Waals surface area contributed by atoms with Crippen molar-refractivity contribution in [1.82, 2.24) is 14.9 Å². The van der Waals surface area contributed by atoms with Gasteiger partial charge in [0.25, 0.3) is 0 Å². The standard InChI is InChI=1S/C9H15N3OS/c1(8-2-4-13-6-8)3-10-5-9-7-14-12-11-9/h7-8,10H,1-6H2. The summed E-state index contributed by atoms with van der Waals surface area (Å²) in [6.45, 7) is 3.77. The molecule has 1 aliphatic rings. The van der Waals surface area contributed by atoms with Gasteiger partial charge in [0, 0.05) is 25.1 Å². The third-order valence-corrected chi connectivity index (χ3v) is 3.02. The molecule has 0 spiro atoms. The fraction of sp³-hybridized carbons (Fsp3) is 0.778. The number of nitrogens with one attached hydrogen (secondary N) is 1. The number of aromatic nitrogens is 2. The van der Waals surface area contributed by atoms with Crippen molar-refractivity contribution in [1.29, 1.82) is 0 Å². The predicted octanol–water partition coefficient (Wildman–Crippen LogP) is 1.05. The second-order valence-electron chi connectivity index (χ2n) is 3.59. The zero-order chi connectivity index (χ0) is 9.64. The molecule has 0 saturated carbocycles. The van der Waals surface area contributed by atoms with Crippen LogP contribution in [0, 0.1) is 5.92 Å². The molecule has 0 bridgehead atoms. The van der Waals surface area contributed by atoms with Crippen molar-refractivity contribution in [2.24, 2.45) is 5.92 Å². The van der Waals surface area contributed by atoms with Crippen LogP contribution in [0.5, 0.6) is 0 Å². The molecule has 1 aromatic rings. The quantitative estimate of drug-likeness (QED) is 0.743. The van der Waals surface area contributed by atoms with Gasteiger partial charge in [-0.2, -0.15) is 0 Å². The highest BCUT2D eigenvalue weighted by Crippen LogP contribution is 2.15. The molecule has 2 rings (SSSR count). The predicted molar refractivity (Wildman–Crippen MR) is 55.2 cm³/mol. The van der Waals surface area contributed by atoms with E-state index < -0.39 is 0 Å². The van der Waals surface area contributed by atoms with Gasteiger partial charge in [-0.15, -0.1) is 5.10 Å². The first kappa shape index (κ1) is 10.0. The highest BCUT2D eigenvalue weighted by Gasteiger charge is 2.14. The summed E-state index contributed by atoms with van der Waals surface area (Å²) in [5.74, 6) is 0.760. The van der Waals surface area contributed by atoms with E-state index in [9.17, 15) is 0 Å². The fourth-order valence-corrected chi connectivity index (χ4v) is 2.05. The Morgan fingerprint density at radius 1 is 1.64 bits per heavy atom. The normalized spacial score (nSPS) is 21.6. The summed E-state index contributed by atoms with van der Waals surface area (Å²) in [6.07, 6.45) is 2.43. The Hall–Kier alpha value is -0.520. The molecular weight excluding hydrogens is 198 g/mol. The van der Waals surface area contributed by atoms with Gasteiger partial charge in [0.2, 0.25) is 0 Å². The van der Waals surface area contributed by atoms with E-state index in [0.717, 1.165) is 37.9 Å². The molecule has 0 aliphatic carbocycles. The van der Waals surface area contributed by atoms with Gasteiger partial charge in [0.1, 0.15) is 0 Å². The summed E-state index contributed by atoms with van der Waals surface area (Å²) in [5, 5.41) is 9.31. The van der Waals surface area contributed by atoms with Gasteiger partial charge in [0.05, 0.1) is 5.69 Å². The van der Waals surface area contributed by atoms with E-state index in [0.29, 0.717) is 0 Å². The van der Waals surface area contributed by atoms with Crippen LogP contribution in [-0.2, 0) is 11.3 Å². The van der Waals surface area contributed by atoms with Crippen LogP contribution in [0.2, 0.25) is 0 Å². The lowest BCUT2D eigenvalue weighted by Gasteiger charge is -2.07. The number of rotatable bonds is 5. The number of nitrogens with zero attached hydrogens (tertiary/aromatic N) is 2. The Balaban J connectivity index is 1.55. The van der Waals surface area contributed by atoms with E-state index in [4.69, 9.17) is 4.74 Å². The maximum absolute atomic E-state index is 5.31. The third kappa shape index (κ3) is 3.01. The monoisotopic (exact) mass is 213 g/mol. The zero-order valence-corrected chi connectivity index (χ0v) is 8.92. The molecule has 2 heterocycles. The molecule has 1 unspecified atom stereocenters. The van der Waals surface area contributed by atoms with Crippen LogP contribution in [0.4, 0.5) is 0 Å². The zero-order valence-electron chi connectivity index (χ0n) is 8.11. The first-order chi connectivity index (χ1) is 6.95. The minimum Gasteiger partial charge on any atom is -0.381 e. The smallest absolute Gasteiger partial charge is 0.0893 e. The van der Waals surface area contributed by atoms with Crippen LogP contribution in [0.15, 0.2) is 5.38 Å². The van der Waals surface area contributed by atoms with E-state index in [1.165, 1.54) is 24.4 Å². The van der Waals surface area contributed by atoms with E-state index >= 15 is 0 Å². The Bertz CT molecular complexity index is 247. The van der Waals surface area contributed by atoms with Crippen LogP contribution in [0.3, 0.4) is 0 Å². The molecule has 0 aromatic carbocycles. The van der Waals surface area contributed by atoms with Crippen molar-refractivity contribution >= 4 is 11.5 Å². The summed E-state index contributed by atoms with van der Waals surface area (Å²) in [7, 11) is 0. The van der Waals surface area contributed by atoms with E-state index in [-0.39, 0.29) is 0 Å². The fourth-order valence-electron chi connectivity index (χ4n) is 1.59. The Morgan fingerprint density at radius 2 is 2.64 bits per heavy atom. The first-order valence-corrected chi connectivity index (χ1v) is 5.83. The maximum Gasteiger partial charge on any atom is 0.0893 e. The Labute approximate surface area is 87.8 Å². The number of ether oxygens (including phenoxy) is 1. The lowest BCUT2D eigenvalue weighted by molar-refractivity contribution is 0.184. The van der Waals surface area contributed by atoms with Crippen LogP contribution >= 0.6 is 11.5 Å². The van der Waals surface area contributed by atoms with Gasteiger partial charge in [-0.05, 0) is 36.8 Å². The van der Waals surface area contributed by atoms with E-state index in [2.05, 4.69) is 14.9 Å². The SMILES string of the molecule is c1snnc1CNCCC1CCOC1. The summed E-state index contributed by atoms with van der Waals surface area (Å²) >= 11 is 1.40. The summed E-state index contributed by atoms with van der Waals surface area (Å²) in [4.78, 5) is 0. The maximum atomic E-state index is 5.31. The molecule has 78 valence electrons. The third-order valence-electron chi connectivity index (χ3n) is 2.46. The molecule has 5 heteroatoms. The van der Waals surface area contributed by atoms with E-state index in [1.807, 2.05) is 5.38 Å². The molecule has 1 N–H and O–H groups in total. The van der Waals surface area contributed by atoms with Crippen molar-refractivity contribution in [2.45, 2.75) is 19.4 Å². The molecule has 0 amide bonds. The molecule has 1 atom stereocenters. The van der Waals surface area contributed by atoms with Crippen molar-refractivity contribution in [3.05, 3.63) is 11.1 Å². The second-order valence-corrected chi connectivity index (χ2v) is 4.20. The molecule has 0 radical (unpaired) electrons. The Kier molecular flexibility index (Phi) is 3.85. The van der Waals surface area contributed by atoms with Gasteiger partial charge in [-0.3, -0.25) is 0 Å². The second kappa shape index (κ2) is 5.38. The van der Waals surface area contributed by atoms with Crippen molar-refractivity contribution < 1.29 is 4.74 Å². The van der Waals surface area contributed by atoms with Gasteiger partial charge < -0.3 is 10.1 Å². The first-order valence-electron chi connectivity index (χ1n) is 4.99. The van der Waals surface area contributed by atoms with Gasteiger partial charge >= 0.3 is 0 Å². The minimum atomic E-state index is 0.760. The number of hydrogen-bond acceptors (Lipinski definition) is 5. The summed E-state index contributed by atoms with van der Waals surface area (Å²) in [6, 6.07) is 0. The van der Waals surface area contributed by atoms with Crippen LogP contribution in [0.25, 0.3) is 0 Å². The highest BCUT2D eigenvalue weighted by molar-refractivity contribution is 7.03. The molecule has 1 fully saturated rings. The molecule has 1 aromatic heterocycles. The molecule has 1 saturated heterocycles. The summed E-state index contributed by atoms with van der Waals surface area (Å²) < 4.78 is 9.12.